The minimum Gasteiger partial charge on any atom is -0.493 e. The highest BCUT2D eigenvalue weighted by atomic mass is 79.9. The number of hydrogen-bond donors (Lipinski definition) is 2. The lowest BCUT2D eigenvalue weighted by molar-refractivity contribution is 0.381. The summed E-state index contributed by atoms with van der Waals surface area (Å²) in [6.45, 7) is 8.65. The van der Waals surface area contributed by atoms with Crippen molar-refractivity contribution in [2.24, 2.45) is 0 Å². The van der Waals surface area contributed by atoms with Crippen molar-refractivity contribution in [2.45, 2.75) is 58.5 Å². The molecule has 4 aromatic rings. The molecule has 0 amide bonds. The van der Waals surface area contributed by atoms with Gasteiger partial charge in [-0.05, 0) is 66.4 Å². The Bertz CT molecular complexity index is 1380. The first kappa shape index (κ1) is 21.5. The van der Waals surface area contributed by atoms with Gasteiger partial charge in [-0.2, -0.15) is 0 Å². The van der Waals surface area contributed by atoms with Gasteiger partial charge in [0.05, 0.1) is 5.69 Å². The molecule has 0 fully saturated rings. The number of nitrogens with one attached hydrogen (secondary N) is 1. The fraction of sp³-hybridized carbons (Fsp3) is 0.346. The molecule has 2 aromatic heterocycles. The van der Waals surface area contributed by atoms with Crippen LogP contribution in [-0.4, -0.2) is 19.2 Å². The summed E-state index contributed by atoms with van der Waals surface area (Å²) >= 11 is 9.59. The second kappa shape index (κ2) is 7.92. The number of aromatic amines is 1. The molecule has 1 aliphatic heterocycles. The van der Waals surface area contributed by atoms with Crippen LogP contribution in [0.5, 0.6) is 5.88 Å². The summed E-state index contributed by atoms with van der Waals surface area (Å²) in [5.41, 5.74) is 6.86. The minimum atomic E-state index is -0.107. The summed E-state index contributed by atoms with van der Waals surface area (Å²) in [6, 6.07) is 15.2. The fourth-order valence-electron chi connectivity index (χ4n) is 4.92. The summed E-state index contributed by atoms with van der Waals surface area (Å²) in [6.07, 6.45) is 1.55. The Morgan fingerprint density at radius 1 is 1.16 bits per heavy atom. The third-order valence-electron chi connectivity index (χ3n) is 6.92. The topological polar surface area (TPSA) is 45.9 Å². The van der Waals surface area contributed by atoms with Crippen LogP contribution in [0.1, 0.15) is 80.2 Å². The highest BCUT2D eigenvalue weighted by Crippen LogP contribution is 2.44. The lowest BCUT2D eigenvalue weighted by Gasteiger charge is -2.27. The number of imidazole rings is 1. The molecule has 1 aliphatic rings. The molecule has 2 atom stereocenters. The molecule has 0 spiro atoms. The Morgan fingerprint density at radius 2 is 1.88 bits per heavy atom. The second-order valence-electron chi connectivity index (χ2n) is 9.16. The minimum absolute atomic E-state index is 0.107. The molecule has 166 valence electrons. The van der Waals surface area contributed by atoms with Crippen LogP contribution < -0.4 is 0 Å². The first-order valence-corrected chi connectivity index (χ1v) is 12.5. The maximum atomic E-state index is 11.3. The van der Waals surface area contributed by atoms with Crippen molar-refractivity contribution in [1.29, 1.82) is 0 Å². The smallest absolute Gasteiger partial charge is 0.214 e. The van der Waals surface area contributed by atoms with E-state index in [2.05, 4.69) is 95.6 Å². The summed E-state index contributed by atoms with van der Waals surface area (Å²) in [7, 11) is 0. The van der Waals surface area contributed by atoms with E-state index in [1.165, 1.54) is 22.1 Å². The molecular weight excluding hydrogens is 482 g/mol. The molecular formula is C26H28BrN3OS. The average molecular weight is 511 g/mol. The Kier molecular flexibility index (Phi) is 5.33. The Hall–Kier alpha value is -2.31. The number of rotatable bonds is 4. The normalized spacial score (nSPS) is 16.4. The van der Waals surface area contributed by atoms with Gasteiger partial charge in [0.2, 0.25) is 5.88 Å². The van der Waals surface area contributed by atoms with Gasteiger partial charge in [-0.1, -0.05) is 61.0 Å². The standard InChI is InChI=1S/C26H28BrN3OS/c1-5-15(4)29-25(31)22-13-20-19-12-18(27)10-11-21(19)28-23(20)24(30(22)26(29)32)17-8-6-16(7-9-17)14(2)3/h6-12,14-15,24,28,31H,5,13H2,1-4H3. The van der Waals surface area contributed by atoms with Crippen LogP contribution in [0.3, 0.4) is 0 Å². The van der Waals surface area contributed by atoms with Gasteiger partial charge in [0, 0.05) is 33.5 Å². The predicted octanol–water partition coefficient (Wildman–Crippen LogP) is 7.60. The van der Waals surface area contributed by atoms with Crippen LogP contribution in [0.4, 0.5) is 0 Å². The van der Waals surface area contributed by atoms with Crippen LogP contribution in [0.25, 0.3) is 10.9 Å². The molecule has 0 saturated heterocycles. The number of halogens is 1. The maximum absolute atomic E-state index is 11.3. The lowest BCUT2D eigenvalue weighted by atomic mass is 9.91. The highest BCUT2D eigenvalue weighted by molar-refractivity contribution is 9.10. The number of fused-ring (bicyclic) bond motifs is 4. The van der Waals surface area contributed by atoms with Crippen molar-refractivity contribution in [3.05, 3.63) is 79.8 Å². The van der Waals surface area contributed by atoms with Crippen LogP contribution in [0.15, 0.2) is 46.9 Å². The van der Waals surface area contributed by atoms with E-state index in [0.717, 1.165) is 27.8 Å². The van der Waals surface area contributed by atoms with E-state index in [0.29, 0.717) is 23.0 Å². The van der Waals surface area contributed by atoms with E-state index < -0.39 is 0 Å². The molecule has 2 unspecified atom stereocenters. The summed E-state index contributed by atoms with van der Waals surface area (Å²) < 4.78 is 5.81. The number of aromatic hydroxyl groups is 1. The molecule has 0 bridgehead atoms. The zero-order chi connectivity index (χ0) is 22.7. The fourth-order valence-corrected chi connectivity index (χ4v) is 5.76. The SMILES string of the molecule is CCC(C)n1c(O)c2n(c1=S)C(c1ccc(C(C)C)cc1)c1[nH]c3ccc(Br)cc3c1C2. The molecule has 4 nitrogen and oxygen atoms in total. The molecule has 32 heavy (non-hydrogen) atoms. The van der Waals surface area contributed by atoms with Gasteiger partial charge in [0.15, 0.2) is 4.77 Å². The molecule has 0 radical (unpaired) electrons. The number of nitrogens with zero attached hydrogens (tertiary/aromatic N) is 2. The molecule has 2 aromatic carbocycles. The Balaban J connectivity index is 1.80. The largest absolute Gasteiger partial charge is 0.493 e. The first-order valence-electron chi connectivity index (χ1n) is 11.3. The number of benzene rings is 2. The van der Waals surface area contributed by atoms with E-state index in [1.54, 1.807) is 0 Å². The van der Waals surface area contributed by atoms with Gasteiger partial charge in [0.1, 0.15) is 6.04 Å². The molecule has 0 saturated carbocycles. The van der Waals surface area contributed by atoms with Crippen LogP contribution in [-0.2, 0) is 6.42 Å². The number of aromatic nitrogens is 3. The highest BCUT2D eigenvalue weighted by Gasteiger charge is 2.35. The molecule has 0 aliphatic carbocycles. The van der Waals surface area contributed by atoms with Crippen LogP contribution in [0, 0.1) is 4.77 Å². The van der Waals surface area contributed by atoms with Crippen molar-refractivity contribution in [3.8, 4) is 5.88 Å². The van der Waals surface area contributed by atoms with Gasteiger partial charge in [-0.25, -0.2) is 0 Å². The number of H-pyrrole nitrogens is 1. The van der Waals surface area contributed by atoms with Crippen LogP contribution >= 0.6 is 28.1 Å². The van der Waals surface area contributed by atoms with Gasteiger partial charge in [-0.15, -0.1) is 0 Å². The zero-order valence-corrected chi connectivity index (χ0v) is 21.2. The van der Waals surface area contributed by atoms with E-state index in [-0.39, 0.29) is 12.1 Å². The quantitative estimate of drug-likeness (QED) is 0.245. The molecule has 2 N–H and O–H groups in total. The van der Waals surface area contributed by atoms with E-state index in [1.807, 2.05) is 4.57 Å². The Morgan fingerprint density at radius 3 is 2.53 bits per heavy atom. The second-order valence-corrected chi connectivity index (χ2v) is 10.4. The van der Waals surface area contributed by atoms with Crippen molar-refractivity contribution in [2.75, 3.05) is 0 Å². The van der Waals surface area contributed by atoms with E-state index in [4.69, 9.17) is 12.2 Å². The van der Waals surface area contributed by atoms with Gasteiger partial charge in [-0.3, -0.25) is 4.57 Å². The monoisotopic (exact) mass is 509 g/mol. The van der Waals surface area contributed by atoms with Crippen molar-refractivity contribution < 1.29 is 5.11 Å². The number of hydrogen-bond acceptors (Lipinski definition) is 2. The van der Waals surface area contributed by atoms with E-state index in [9.17, 15) is 5.11 Å². The van der Waals surface area contributed by atoms with Gasteiger partial charge in [0.25, 0.3) is 0 Å². The van der Waals surface area contributed by atoms with Crippen molar-refractivity contribution in [3.63, 3.8) is 0 Å². The predicted molar refractivity (Wildman–Crippen MR) is 136 cm³/mol. The third-order valence-corrected chi connectivity index (χ3v) is 7.80. The van der Waals surface area contributed by atoms with Crippen LogP contribution in [0.2, 0.25) is 0 Å². The molecule has 5 rings (SSSR count). The Labute approximate surface area is 202 Å². The molecule has 6 heteroatoms. The third kappa shape index (κ3) is 3.19. The van der Waals surface area contributed by atoms with Crippen molar-refractivity contribution >= 4 is 39.1 Å². The zero-order valence-electron chi connectivity index (χ0n) is 18.8. The summed E-state index contributed by atoms with van der Waals surface area (Å²) in [4.78, 5) is 3.69. The van der Waals surface area contributed by atoms with E-state index >= 15 is 0 Å². The molecule has 3 heterocycles. The first-order chi connectivity index (χ1) is 15.3. The average Bonchev–Trinajstić information content (AvgIpc) is 3.26. The lowest BCUT2D eigenvalue weighted by Crippen LogP contribution is -2.22. The van der Waals surface area contributed by atoms with Gasteiger partial charge >= 0.3 is 0 Å². The van der Waals surface area contributed by atoms with Gasteiger partial charge < -0.3 is 14.7 Å². The van der Waals surface area contributed by atoms with Crippen molar-refractivity contribution in [1.82, 2.24) is 14.1 Å². The maximum Gasteiger partial charge on any atom is 0.214 e. The summed E-state index contributed by atoms with van der Waals surface area (Å²) in [5, 5.41) is 12.5. The summed E-state index contributed by atoms with van der Waals surface area (Å²) in [5.74, 6) is 0.771.